The third kappa shape index (κ3) is 13.9. The van der Waals surface area contributed by atoms with E-state index in [1.807, 2.05) is 0 Å². The van der Waals surface area contributed by atoms with Crippen LogP contribution in [0.3, 0.4) is 0 Å². The van der Waals surface area contributed by atoms with Gasteiger partial charge in [0.2, 0.25) is 0 Å². The van der Waals surface area contributed by atoms with Crippen LogP contribution in [0.15, 0.2) is 0 Å². The molecule has 0 atom stereocenters. The smallest absolute Gasteiger partial charge is 0.0598 e. The molecular weight excluding hydrogens is 188 g/mol. The molecule has 0 rings (SSSR count). The van der Waals surface area contributed by atoms with Crippen molar-refractivity contribution in [3.63, 3.8) is 0 Å². The van der Waals surface area contributed by atoms with Gasteiger partial charge in [0.15, 0.2) is 0 Å². The summed E-state index contributed by atoms with van der Waals surface area (Å²) in [4.78, 5) is 0. The fraction of sp³-hybridized carbons (Fsp3) is 1.00. The van der Waals surface area contributed by atoms with Crippen LogP contribution < -0.4 is 0 Å². The Kier molecular flexibility index (Phi) is 9.12. The lowest BCUT2D eigenvalue weighted by Crippen LogP contribution is -2.19. The van der Waals surface area contributed by atoms with Crippen molar-refractivity contribution >= 4 is 0 Å². The van der Waals surface area contributed by atoms with Gasteiger partial charge < -0.3 is 9.84 Å². The molecule has 0 aliphatic rings. The van der Waals surface area contributed by atoms with E-state index < -0.39 is 0 Å². The van der Waals surface area contributed by atoms with Crippen LogP contribution in [0, 0.1) is 0 Å². The van der Waals surface area contributed by atoms with Crippen molar-refractivity contribution in [1.29, 1.82) is 0 Å². The predicted octanol–water partition coefficient (Wildman–Crippen LogP) is 3.52. The molecule has 2 nitrogen and oxygen atoms in total. The molecular formula is C13H28O2. The van der Waals surface area contributed by atoms with Gasteiger partial charge in [0, 0.05) is 13.2 Å². The Balaban J connectivity index is 2.99. The van der Waals surface area contributed by atoms with Crippen LogP contribution in [0.1, 0.15) is 65.7 Å². The lowest BCUT2D eigenvalue weighted by molar-refractivity contribution is -0.00474. The Morgan fingerprint density at radius 1 is 0.800 bits per heavy atom. The van der Waals surface area contributed by atoms with Crippen LogP contribution in [0.5, 0.6) is 0 Å². The third-order valence-electron chi connectivity index (χ3n) is 2.34. The first-order valence-electron chi connectivity index (χ1n) is 6.31. The van der Waals surface area contributed by atoms with E-state index in [2.05, 4.69) is 20.8 Å². The third-order valence-corrected chi connectivity index (χ3v) is 2.34. The van der Waals surface area contributed by atoms with Crippen molar-refractivity contribution < 1.29 is 9.84 Å². The van der Waals surface area contributed by atoms with Crippen molar-refractivity contribution in [2.75, 3.05) is 13.2 Å². The van der Waals surface area contributed by atoms with E-state index in [0.29, 0.717) is 6.61 Å². The van der Waals surface area contributed by atoms with Crippen LogP contribution in [0.4, 0.5) is 0 Å². The highest BCUT2D eigenvalue weighted by Gasteiger charge is 2.08. The molecule has 0 saturated heterocycles. The van der Waals surface area contributed by atoms with Crippen molar-refractivity contribution in [2.24, 2.45) is 0 Å². The summed E-state index contributed by atoms with van der Waals surface area (Å²) >= 11 is 0. The lowest BCUT2D eigenvalue weighted by Gasteiger charge is -2.19. The van der Waals surface area contributed by atoms with Crippen molar-refractivity contribution in [2.45, 2.75) is 71.3 Å². The summed E-state index contributed by atoms with van der Waals surface area (Å²) in [6.07, 6.45) is 8.46. The van der Waals surface area contributed by atoms with Gasteiger partial charge in [0.1, 0.15) is 0 Å². The van der Waals surface area contributed by atoms with Gasteiger partial charge in [0.25, 0.3) is 0 Å². The van der Waals surface area contributed by atoms with E-state index in [-0.39, 0.29) is 5.60 Å². The largest absolute Gasteiger partial charge is 0.396 e. The number of hydrogen-bond donors (Lipinski definition) is 1. The summed E-state index contributed by atoms with van der Waals surface area (Å²) in [5.41, 5.74) is 0.0150. The molecule has 0 radical (unpaired) electrons. The van der Waals surface area contributed by atoms with E-state index in [0.717, 1.165) is 13.0 Å². The van der Waals surface area contributed by atoms with Gasteiger partial charge in [-0.1, -0.05) is 32.1 Å². The quantitative estimate of drug-likeness (QED) is 0.597. The maximum absolute atomic E-state index is 8.60. The maximum atomic E-state index is 8.60. The van der Waals surface area contributed by atoms with Crippen molar-refractivity contribution in [3.05, 3.63) is 0 Å². The minimum absolute atomic E-state index is 0.0150. The zero-order chi connectivity index (χ0) is 11.6. The summed E-state index contributed by atoms with van der Waals surface area (Å²) in [6.45, 7) is 7.53. The SMILES string of the molecule is CC(C)(C)OCCCCCCCCCO. The summed E-state index contributed by atoms with van der Waals surface area (Å²) < 4.78 is 5.64. The summed E-state index contributed by atoms with van der Waals surface area (Å²) in [7, 11) is 0. The summed E-state index contributed by atoms with van der Waals surface area (Å²) in [6, 6.07) is 0. The molecule has 0 aliphatic heterocycles. The molecule has 0 amide bonds. The van der Waals surface area contributed by atoms with E-state index in [1.165, 1.54) is 38.5 Å². The van der Waals surface area contributed by atoms with Gasteiger partial charge in [-0.25, -0.2) is 0 Å². The van der Waals surface area contributed by atoms with E-state index in [4.69, 9.17) is 9.84 Å². The Morgan fingerprint density at radius 3 is 1.73 bits per heavy atom. The van der Waals surface area contributed by atoms with Gasteiger partial charge in [-0.2, -0.15) is 0 Å². The molecule has 0 heterocycles. The van der Waals surface area contributed by atoms with Crippen LogP contribution in [-0.4, -0.2) is 23.9 Å². The van der Waals surface area contributed by atoms with Crippen LogP contribution in [0.2, 0.25) is 0 Å². The standard InChI is InChI=1S/C13H28O2/c1-13(2,3)15-12-10-8-6-4-5-7-9-11-14/h14H,4-12H2,1-3H3. The van der Waals surface area contributed by atoms with Gasteiger partial charge in [0.05, 0.1) is 5.60 Å². The molecule has 0 saturated carbocycles. The minimum Gasteiger partial charge on any atom is -0.396 e. The molecule has 0 aromatic rings. The summed E-state index contributed by atoms with van der Waals surface area (Å²) in [5, 5.41) is 8.60. The molecule has 0 unspecified atom stereocenters. The van der Waals surface area contributed by atoms with Crippen molar-refractivity contribution in [1.82, 2.24) is 0 Å². The van der Waals surface area contributed by atoms with Gasteiger partial charge in [-0.05, 0) is 33.6 Å². The van der Waals surface area contributed by atoms with Crippen LogP contribution in [-0.2, 0) is 4.74 Å². The predicted molar refractivity (Wildman–Crippen MR) is 65.1 cm³/mol. The Hall–Kier alpha value is -0.0800. The molecule has 0 aromatic carbocycles. The summed E-state index contributed by atoms with van der Waals surface area (Å²) in [5.74, 6) is 0. The monoisotopic (exact) mass is 216 g/mol. The Morgan fingerprint density at radius 2 is 1.27 bits per heavy atom. The second kappa shape index (κ2) is 9.17. The molecule has 0 aromatic heterocycles. The Bertz CT molecular complexity index is 127. The van der Waals surface area contributed by atoms with E-state index in [1.54, 1.807) is 0 Å². The number of ether oxygens (including phenoxy) is 1. The molecule has 1 N–H and O–H groups in total. The first-order chi connectivity index (χ1) is 7.06. The number of aliphatic hydroxyl groups excluding tert-OH is 1. The van der Waals surface area contributed by atoms with Crippen LogP contribution >= 0.6 is 0 Å². The first kappa shape index (κ1) is 14.9. The van der Waals surface area contributed by atoms with Gasteiger partial charge in [-0.15, -0.1) is 0 Å². The number of hydrogen-bond acceptors (Lipinski definition) is 2. The molecule has 0 spiro atoms. The lowest BCUT2D eigenvalue weighted by atomic mass is 10.1. The maximum Gasteiger partial charge on any atom is 0.0598 e. The molecule has 0 fully saturated rings. The average molecular weight is 216 g/mol. The highest BCUT2D eigenvalue weighted by Crippen LogP contribution is 2.10. The van der Waals surface area contributed by atoms with E-state index >= 15 is 0 Å². The molecule has 0 aliphatic carbocycles. The second-order valence-corrected chi connectivity index (χ2v) is 5.16. The number of unbranched alkanes of at least 4 members (excludes halogenated alkanes) is 6. The minimum atomic E-state index is 0.0150. The number of rotatable bonds is 9. The zero-order valence-corrected chi connectivity index (χ0v) is 10.7. The second-order valence-electron chi connectivity index (χ2n) is 5.16. The highest BCUT2D eigenvalue weighted by molar-refractivity contribution is 4.58. The Labute approximate surface area is 95.0 Å². The van der Waals surface area contributed by atoms with E-state index in [9.17, 15) is 0 Å². The highest BCUT2D eigenvalue weighted by atomic mass is 16.5. The van der Waals surface area contributed by atoms with Crippen LogP contribution in [0.25, 0.3) is 0 Å². The first-order valence-corrected chi connectivity index (χ1v) is 6.31. The van der Waals surface area contributed by atoms with Crippen molar-refractivity contribution in [3.8, 4) is 0 Å². The molecule has 2 heteroatoms. The topological polar surface area (TPSA) is 29.5 Å². The fourth-order valence-corrected chi connectivity index (χ4v) is 1.48. The average Bonchev–Trinajstić information content (AvgIpc) is 2.14. The normalized spacial score (nSPS) is 12.0. The number of aliphatic hydroxyl groups is 1. The fourth-order valence-electron chi connectivity index (χ4n) is 1.48. The molecule has 15 heavy (non-hydrogen) atoms. The molecule has 0 bridgehead atoms. The van der Waals surface area contributed by atoms with Gasteiger partial charge in [-0.3, -0.25) is 0 Å². The van der Waals surface area contributed by atoms with Gasteiger partial charge >= 0.3 is 0 Å². The molecule has 92 valence electrons. The zero-order valence-electron chi connectivity index (χ0n) is 10.7.